The van der Waals surface area contributed by atoms with E-state index in [0.717, 1.165) is 5.69 Å². The van der Waals surface area contributed by atoms with Crippen molar-refractivity contribution in [3.05, 3.63) is 66.2 Å². The summed E-state index contributed by atoms with van der Waals surface area (Å²) in [5, 5.41) is 1.92. The summed E-state index contributed by atoms with van der Waals surface area (Å²) in [7, 11) is 0. The van der Waals surface area contributed by atoms with Crippen molar-refractivity contribution in [1.29, 1.82) is 0 Å². The van der Waals surface area contributed by atoms with Crippen molar-refractivity contribution >= 4 is 5.69 Å². The molecular formula is C19H21NO3. The summed E-state index contributed by atoms with van der Waals surface area (Å²) in [6, 6.07) is 20.5. The summed E-state index contributed by atoms with van der Waals surface area (Å²) in [4.78, 5) is 6.19. The molecule has 2 aromatic rings. The van der Waals surface area contributed by atoms with E-state index in [1.54, 1.807) is 0 Å². The molecule has 0 aromatic heterocycles. The molecule has 4 nitrogen and oxygen atoms in total. The van der Waals surface area contributed by atoms with Gasteiger partial charge in [-0.05, 0) is 31.5 Å². The Balaban J connectivity index is 1.70. The summed E-state index contributed by atoms with van der Waals surface area (Å²) >= 11 is 0. The van der Waals surface area contributed by atoms with Gasteiger partial charge in [0.1, 0.15) is 0 Å². The maximum atomic E-state index is 6.19. The number of benzene rings is 2. The van der Waals surface area contributed by atoms with Crippen LogP contribution in [0.4, 0.5) is 5.69 Å². The van der Waals surface area contributed by atoms with Crippen molar-refractivity contribution in [3.8, 4) is 0 Å². The number of hydrogen-bond donors (Lipinski definition) is 0. The molecule has 0 radical (unpaired) electrons. The Bertz CT molecular complexity index is 601. The molecule has 2 saturated heterocycles. The van der Waals surface area contributed by atoms with E-state index in [-0.39, 0.29) is 18.2 Å². The van der Waals surface area contributed by atoms with E-state index < -0.39 is 5.97 Å². The first-order valence-corrected chi connectivity index (χ1v) is 8.11. The molecule has 2 heterocycles. The number of nitrogens with zero attached hydrogens (tertiary/aromatic N) is 1. The van der Waals surface area contributed by atoms with Crippen LogP contribution in [0.5, 0.6) is 0 Å². The third kappa shape index (κ3) is 2.63. The highest BCUT2D eigenvalue weighted by molar-refractivity contribution is 5.47. The standard InChI is InChI=1S/C19H21NO3/c1-14-15(2)22-19(21-14)13-18(16-9-5-3-6-10-16)20(23-19)17-11-7-4-8-12-17/h3-12,14-15,18H,13H2,1-2H3/t14-,15+,18?,19?. The maximum Gasteiger partial charge on any atom is 0.308 e. The van der Waals surface area contributed by atoms with Crippen LogP contribution >= 0.6 is 0 Å². The fraction of sp³-hybridized carbons (Fsp3) is 0.368. The first kappa shape index (κ1) is 14.7. The Morgan fingerprint density at radius 2 is 1.43 bits per heavy atom. The quantitative estimate of drug-likeness (QED) is 0.837. The molecule has 2 unspecified atom stereocenters. The molecule has 0 amide bonds. The summed E-state index contributed by atoms with van der Waals surface area (Å²) in [5.41, 5.74) is 2.19. The van der Waals surface area contributed by atoms with Gasteiger partial charge in [0, 0.05) is 0 Å². The molecule has 0 saturated carbocycles. The number of ether oxygens (including phenoxy) is 2. The van der Waals surface area contributed by atoms with Crippen molar-refractivity contribution in [2.45, 2.75) is 44.5 Å². The van der Waals surface area contributed by atoms with Crippen molar-refractivity contribution < 1.29 is 14.3 Å². The van der Waals surface area contributed by atoms with Gasteiger partial charge in [-0.1, -0.05) is 48.5 Å². The highest BCUT2D eigenvalue weighted by atomic mass is 17.0. The second-order valence-electron chi connectivity index (χ2n) is 6.21. The van der Waals surface area contributed by atoms with Crippen LogP contribution < -0.4 is 5.06 Å². The van der Waals surface area contributed by atoms with Crippen LogP contribution in [0.15, 0.2) is 60.7 Å². The van der Waals surface area contributed by atoms with Crippen molar-refractivity contribution in [2.75, 3.05) is 5.06 Å². The number of rotatable bonds is 2. The van der Waals surface area contributed by atoms with Gasteiger partial charge in [0.2, 0.25) is 0 Å². The highest BCUT2D eigenvalue weighted by Gasteiger charge is 2.55. The number of para-hydroxylation sites is 1. The Morgan fingerprint density at radius 1 is 0.870 bits per heavy atom. The SMILES string of the molecule is C[C@@H]1OC2(CC(c3ccccc3)N(c3ccccc3)O2)O[C@@H]1C. The number of hydrogen-bond acceptors (Lipinski definition) is 4. The average molecular weight is 311 g/mol. The largest absolute Gasteiger partial charge is 0.320 e. The van der Waals surface area contributed by atoms with Gasteiger partial charge in [0.05, 0.1) is 30.4 Å². The van der Waals surface area contributed by atoms with Crippen molar-refractivity contribution in [3.63, 3.8) is 0 Å². The van der Waals surface area contributed by atoms with E-state index in [0.29, 0.717) is 6.42 Å². The number of hydroxylamine groups is 1. The third-order valence-corrected chi connectivity index (χ3v) is 4.55. The van der Waals surface area contributed by atoms with Crippen LogP contribution in [-0.2, 0) is 14.3 Å². The van der Waals surface area contributed by atoms with Gasteiger partial charge >= 0.3 is 5.97 Å². The molecule has 2 fully saturated rings. The smallest absolute Gasteiger partial charge is 0.308 e. The molecule has 120 valence electrons. The van der Waals surface area contributed by atoms with Gasteiger partial charge in [-0.3, -0.25) is 0 Å². The maximum absolute atomic E-state index is 6.19. The molecule has 0 N–H and O–H groups in total. The van der Waals surface area contributed by atoms with Crippen LogP contribution in [0.1, 0.15) is 31.9 Å². The zero-order valence-corrected chi connectivity index (χ0v) is 13.4. The van der Waals surface area contributed by atoms with E-state index in [4.69, 9.17) is 14.3 Å². The zero-order valence-electron chi connectivity index (χ0n) is 13.4. The molecular weight excluding hydrogens is 290 g/mol. The molecule has 1 spiro atoms. The number of anilines is 1. The topological polar surface area (TPSA) is 30.9 Å². The van der Waals surface area contributed by atoms with E-state index in [2.05, 4.69) is 12.1 Å². The second-order valence-corrected chi connectivity index (χ2v) is 6.21. The van der Waals surface area contributed by atoms with Gasteiger partial charge in [-0.25, -0.2) is 9.90 Å². The Kier molecular flexibility index (Phi) is 3.60. The molecule has 0 bridgehead atoms. The summed E-state index contributed by atoms with van der Waals surface area (Å²) in [6.45, 7) is 4.04. The molecule has 2 aromatic carbocycles. The third-order valence-electron chi connectivity index (χ3n) is 4.55. The van der Waals surface area contributed by atoms with E-state index >= 15 is 0 Å². The lowest BCUT2D eigenvalue weighted by molar-refractivity contribution is -0.321. The van der Waals surface area contributed by atoms with Crippen LogP contribution in [0.2, 0.25) is 0 Å². The first-order valence-electron chi connectivity index (χ1n) is 8.11. The average Bonchev–Trinajstić information content (AvgIpc) is 3.08. The predicted molar refractivity (Wildman–Crippen MR) is 87.6 cm³/mol. The molecule has 4 heteroatoms. The van der Waals surface area contributed by atoms with Crippen LogP contribution in [-0.4, -0.2) is 18.2 Å². The minimum Gasteiger partial charge on any atom is -0.320 e. The molecule has 2 aliphatic rings. The molecule has 2 aliphatic heterocycles. The normalized spacial score (nSPS) is 33.5. The Labute approximate surface area is 136 Å². The fourth-order valence-corrected chi connectivity index (χ4v) is 3.23. The summed E-state index contributed by atoms with van der Waals surface area (Å²) in [5.74, 6) is -0.991. The summed E-state index contributed by atoms with van der Waals surface area (Å²) < 4.78 is 12.1. The Hall–Kier alpha value is -1.88. The monoisotopic (exact) mass is 311 g/mol. The van der Waals surface area contributed by atoms with Crippen molar-refractivity contribution in [2.24, 2.45) is 0 Å². The minimum atomic E-state index is -0.991. The highest BCUT2D eigenvalue weighted by Crippen LogP contribution is 2.48. The molecule has 23 heavy (non-hydrogen) atoms. The second kappa shape index (κ2) is 5.64. The lowest BCUT2D eigenvalue weighted by Gasteiger charge is -2.25. The van der Waals surface area contributed by atoms with Gasteiger partial charge < -0.3 is 9.47 Å². The summed E-state index contributed by atoms with van der Waals surface area (Å²) in [6.07, 6.45) is 0.671. The van der Waals surface area contributed by atoms with Gasteiger partial charge in [-0.15, -0.1) is 0 Å². The van der Waals surface area contributed by atoms with Crippen LogP contribution in [0.3, 0.4) is 0 Å². The lowest BCUT2D eigenvalue weighted by Crippen LogP contribution is -2.32. The molecule has 0 aliphatic carbocycles. The Morgan fingerprint density at radius 3 is 2.04 bits per heavy atom. The fourth-order valence-electron chi connectivity index (χ4n) is 3.23. The van der Waals surface area contributed by atoms with Crippen molar-refractivity contribution in [1.82, 2.24) is 0 Å². The molecule has 4 rings (SSSR count). The zero-order chi connectivity index (χ0) is 15.9. The van der Waals surface area contributed by atoms with Gasteiger partial charge in [0.15, 0.2) is 0 Å². The van der Waals surface area contributed by atoms with E-state index in [1.807, 2.05) is 67.4 Å². The van der Waals surface area contributed by atoms with E-state index in [9.17, 15) is 0 Å². The minimum absolute atomic E-state index is 0.0159. The van der Waals surface area contributed by atoms with E-state index in [1.165, 1.54) is 5.56 Å². The molecule has 4 atom stereocenters. The predicted octanol–water partition coefficient (Wildman–Crippen LogP) is 4.05. The van der Waals surface area contributed by atoms with Crippen LogP contribution in [0.25, 0.3) is 0 Å². The van der Waals surface area contributed by atoms with Gasteiger partial charge in [0.25, 0.3) is 0 Å². The van der Waals surface area contributed by atoms with Crippen LogP contribution in [0, 0.1) is 0 Å². The first-order chi connectivity index (χ1) is 11.2. The lowest BCUT2D eigenvalue weighted by atomic mass is 10.0. The van der Waals surface area contributed by atoms with Gasteiger partial charge in [-0.2, -0.15) is 0 Å².